The van der Waals surface area contributed by atoms with Gasteiger partial charge >= 0.3 is 18.8 Å². The highest BCUT2D eigenvalue weighted by Gasteiger charge is 2.59. The van der Waals surface area contributed by atoms with E-state index in [1.807, 2.05) is 76.2 Å². The van der Waals surface area contributed by atoms with Crippen molar-refractivity contribution in [3.8, 4) is 33.6 Å². The third-order valence-electron chi connectivity index (χ3n) is 12.3. The van der Waals surface area contributed by atoms with Crippen molar-refractivity contribution in [2.75, 3.05) is 47.1 Å². The third-order valence-corrected chi connectivity index (χ3v) is 12.3. The van der Waals surface area contributed by atoms with Crippen molar-refractivity contribution >= 4 is 24.0 Å². The molecular formula is C44H54F2N8O9. The van der Waals surface area contributed by atoms with Gasteiger partial charge in [-0.05, 0) is 54.9 Å². The normalized spacial score (nSPS) is 21.6. The van der Waals surface area contributed by atoms with Crippen molar-refractivity contribution in [1.82, 2.24) is 40.4 Å². The lowest BCUT2D eigenvalue weighted by Crippen LogP contribution is -2.55. The molecule has 4 atom stereocenters. The lowest BCUT2D eigenvalue weighted by molar-refractivity contribution is -0.153. The Balaban J connectivity index is 1.05. The summed E-state index contributed by atoms with van der Waals surface area (Å²) in [7, 11) is 2.42. The first kappa shape index (κ1) is 45.1. The minimum atomic E-state index is -3.00. The maximum Gasteiger partial charge on any atom is 0.407 e. The maximum absolute atomic E-state index is 14.2. The number of benzene rings is 2. The second-order valence-corrected chi connectivity index (χ2v) is 16.8. The summed E-state index contributed by atoms with van der Waals surface area (Å²) in [6.45, 7) is 5.45. The van der Waals surface area contributed by atoms with Gasteiger partial charge in [0.05, 0.1) is 69.9 Å². The van der Waals surface area contributed by atoms with Crippen LogP contribution < -0.4 is 10.6 Å². The van der Waals surface area contributed by atoms with Crippen LogP contribution in [0.3, 0.4) is 0 Å². The van der Waals surface area contributed by atoms with Gasteiger partial charge in [-0.2, -0.15) is 8.78 Å². The van der Waals surface area contributed by atoms with Crippen molar-refractivity contribution in [2.24, 2.45) is 5.92 Å². The standard InChI is InChI=1S/C44H54F2N8O9/c1-26(2)34(52-41(58)60-6)36(56)54-25-44(62-20-21-63-44)24-43(54,4)38-48-23-33(50-38)30-14-10-28(11-15-30)27-8-12-29(13-9-27)32-22-47-37(49-32)42(3)17-7-18-53(42)35(55)31(51-40(57)59-5)16-19-61-39(45)46/h8-15,22-23,26,31,34,39H,7,16-21,24-25H2,1-6H3,(H,47,49)(H,48,50)(H,51,57)(H,52,58)/t31-,34-,42-,43?/m0/s1. The zero-order valence-electron chi connectivity index (χ0n) is 36.2. The fourth-order valence-corrected chi connectivity index (χ4v) is 8.83. The Labute approximate surface area is 363 Å². The predicted octanol–water partition coefficient (Wildman–Crippen LogP) is 5.90. The van der Waals surface area contributed by atoms with Crippen molar-refractivity contribution in [3.05, 3.63) is 72.6 Å². The Morgan fingerprint density at radius 1 is 0.778 bits per heavy atom. The highest BCUT2D eigenvalue weighted by molar-refractivity contribution is 5.87. The molecule has 0 bridgehead atoms. The minimum Gasteiger partial charge on any atom is -0.453 e. The molecule has 4 N–H and O–H groups in total. The van der Waals surface area contributed by atoms with Crippen LogP contribution in [0.1, 0.15) is 65.0 Å². The lowest BCUT2D eigenvalue weighted by Gasteiger charge is -2.36. The first-order chi connectivity index (χ1) is 30.1. The predicted molar refractivity (Wildman–Crippen MR) is 224 cm³/mol. The highest BCUT2D eigenvalue weighted by Crippen LogP contribution is 2.47. The van der Waals surface area contributed by atoms with Gasteiger partial charge in [-0.1, -0.05) is 62.4 Å². The molecular weight excluding hydrogens is 823 g/mol. The summed E-state index contributed by atoms with van der Waals surface area (Å²) >= 11 is 0. The molecule has 2 aromatic carbocycles. The van der Waals surface area contributed by atoms with E-state index in [4.69, 9.17) is 19.2 Å². The van der Waals surface area contributed by atoms with Crippen LogP contribution in [0.2, 0.25) is 0 Å². The van der Waals surface area contributed by atoms with Gasteiger partial charge in [0.2, 0.25) is 11.8 Å². The summed E-state index contributed by atoms with van der Waals surface area (Å²) < 4.78 is 51.4. The first-order valence-corrected chi connectivity index (χ1v) is 20.9. The average molecular weight is 877 g/mol. The van der Waals surface area contributed by atoms with Crippen LogP contribution >= 0.6 is 0 Å². The molecule has 1 spiro atoms. The number of hydrogen-bond acceptors (Lipinski definition) is 11. The molecule has 5 heterocycles. The van der Waals surface area contributed by atoms with Crippen LogP contribution in [-0.2, 0) is 44.4 Å². The Kier molecular flexibility index (Phi) is 13.2. The number of halogens is 2. The van der Waals surface area contributed by atoms with Crippen LogP contribution in [0, 0.1) is 5.92 Å². The number of methoxy groups -OCH3 is 2. The minimum absolute atomic E-state index is 0.166. The number of nitrogens with zero attached hydrogens (tertiary/aromatic N) is 4. The maximum atomic E-state index is 14.2. The van der Waals surface area contributed by atoms with Crippen molar-refractivity contribution < 1.29 is 51.6 Å². The summed E-state index contributed by atoms with van der Waals surface area (Å²) in [5, 5.41) is 5.15. The van der Waals surface area contributed by atoms with E-state index < -0.39 is 60.3 Å². The van der Waals surface area contributed by atoms with Crippen LogP contribution in [0.5, 0.6) is 0 Å². The summed E-state index contributed by atoms with van der Waals surface area (Å²) in [6.07, 6.45) is 3.34. The first-order valence-electron chi connectivity index (χ1n) is 20.9. The molecule has 338 valence electrons. The molecule has 17 nitrogen and oxygen atoms in total. The molecule has 3 fully saturated rings. The number of aromatic amines is 2. The van der Waals surface area contributed by atoms with Crippen LogP contribution in [0.15, 0.2) is 60.9 Å². The number of rotatable bonds is 14. The zero-order valence-corrected chi connectivity index (χ0v) is 36.2. The van der Waals surface area contributed by atoms with Crippen molar-refractivity contribution in [2.45, 2.75) is 88.9 Å². The number of H-pyrrole nitrogens is 2. The number of carbonyl (C=O) groups excluding carboxylic acids is 4. The van der Waals surface area contributed by atoms with Gasteiger partial charge in [0, 0.05) is 19.4 Å². The largest absolute Gasteiger partial charge is 0.453 e. The number of aromatic nitrogens is 4. The van der Waals surface area contributed by atoms with Gasteiger partial charge < -0.3 is 54.1 Å². The number of alkyl carbamates (subject to hydrolysis) is 2. The van der Waals surface area contributed by atoms with Crippen molar-refractivity contribution in [1.29, 1.82) is 0 Å². The van der Waals surface area contributed by atoms with E-state index in [0.29, 0.717) is 50.7 Å². The topological polar surface area (TPSA) is 202 Å². The summed E-state index contributed by atoms with van der Waals surface area (Å²) in [6, 6.07) is 14.0. The van der Waals surface area contributed by atoms with Gasteiger partial charge in [-0.3, -0.25) is 9.59 Å². The number of ether oxygens (including phenoxy) is 5. The van der Waals surface area contributed by atoms with Gasteiger partial charge in [0.1, 0.15) is 29.3 Å². The number of likely N-dealkylation sites (tertiary alicyclic amines) is 2. The Morgan fingerprint density at radius 3 is 1.83 bits per heavy atom. The zero-order chi connectivity index (χ0) is 45.1. The second-order valence-electron chi connectivity index (χ2n) is 16.8. The lowest BCUT2D eigenvalue weighted by atomic mass is 9.94. The smallest absolute Gasteiger partial charge is 0.407 e. The van der Waals surface area contributed by atoms with E-state index in [1.165, 1.54) is 7.11 Å². The molecule has 0 radical (unpaired) electrons. The van der Waals surface area contributed by atoms with E-state index >= 15 is 0 Å². The fourth-order valence-electron chi connectivity index (χ4n) is 8.83. The van der Waals surface area contributed by atoms with Gasteiger partial charge in [0.15, 0.2) is 5.79 Å². The van der Waals surface area contributed by atoms with Crippen LogP contribution in [-0.4, -0.2) is 125 Å². The number of hydrogen-bond donors (Lipinski definition) is 4. The molecule has 1 unspecified atom stereocenters. The van der Waals surface area contributed by atoms with Crippen LogP contribution in [0.4, 0.5) is 18.4 Å². The quantitative estimate of drug-likeness (QED) is 0.118. The summed E-state index contributed by atoms with van der Waals surface area (Å²) in [4.78, 5) is 71.8. The number of imidazole rings is 2. The molecule has 3 aliphatic rings. The Hall–Kier alpha value is -5.92. The second kappa shape index (κ2) is 18.4. The van der Waals surface area contributed by atoms with Crippen LogP contribution in [0.25, 0.3) is 33.6 Å². The molecule has 19 heteroatoms. The average Bonchev–Trinajstić information content (AvgIpc) is 4.14. The Morgan fingerprint density at radius 2 is 1.30 bits per heavy atom. The van der Waals surface area contributed by atoms with Gasteiger partial charge in [-0.15, -0.1) is 0 Å². The van der Waals surface area contributed by atoms with E-state index in [0.717, 1.165) is 40.8 Å². The molecule has 4 amide bonds. The van der Waals surface area contributed by atoms with E-state index in [2.05, 4.69) is 35.1 Å². The molecule has 7 rings (SSSR count). The highest BCUT2D eigenvalue weighted by atomic mass is 19.3. The molecule has 3 saturated heterocycles. The third kappa shape index (κ3) is 9.26. The fraction of sp³-hybridized carbons (Fsp3) is 0.500. The van der Waals surface area contributed by atoms with E-state index in [1.54, 1.807) is 22.2 Å². The number of alkyl halides is 2. The molecule has 63 heavy (non-hydrogen) atoms. The summed E-state index contributed by atoms with van der Waals surface area (Å²) in [5.74, 6) is -0.849. The molecule has 2 aromatic heterocycles. The summed E-state index contributed by atoms with van der Waals surface area (Å²) in [5.41, 5.74) is 3.41. The number of nitrogens with one attached hydrogen (secondary N) is 4. The SMILES string of the molecule is COC(=O)N[C@@H](CCOC(F)F)C(=O)N1CCC[C@@]1(C)c1ncc(-c2ccc(-c3ccc(-c4cnc(C5(C)CC6(CN5C(=O)[C@@H](NC(=O)OC)C(C)C)OCCO6)[nH]4)cc3)cc2)[nH]1. The Bertz CT molecular complexity index is 2260. The molecule has 0 saturated carbocycles. The number of amides is 4. The van der Waals surface area contributed by atoms with E-state index in [-0.39, 0.29) is 24.8 Å². The van der Waals surface area contributed by atoms with E-state index in [9.17, 15) is 28.0 Å². The molecule has 4 aromatic rings. The molecule has 0 aliphatic carbocycles. The number of carbonyl (C=O) groups is 4. The van der Waals surface area contributed by atoms with Crippen molar-refractivity contribution in [3.63, 3.8) is 0 Å². The monoisotopic (exact) mass is 876 g/mol. The van der Waals surface area contributed by atoms with Gasteiger partial charge in [0.25, 0.3) is 0 Å². The van der Waals surface area contributed by atoms with Gasteiger partial charge in [-0.25, -0.2) is 19.6 Å². The molecule has 3 aliphatic heterocycles.